The summed E-state index contributed by atoms with van der Waals surface area (Å²) in [5.74, 6) is 0. The van der Waals surface area contributed by atoms with Crippen molar-refractivity contribution in [1.82, 2.24) is 19.1 Å². The van der Waals surface area contributed by atoms with Crippen LogP contribution in [0, 0.1) is 0 Å². The molecule has 1 aromatic carbocycles. The van der Waals surface area contributed by atoms with Crippen molar-refractivity contribution in [3.8, 4) is 0 Å². The van der Waals surface area contributed by atoms with Gasteiger partial charge in [-0.2, -0.15) is 5.10 Å². The van der Waals surface area contributed by atoms with Crippen molar-refractivity contribution in [2.45, 2.75) is 24.5 Å². The fraction of sp³-hybridized carbons (Fsp3) is 0.353. The minimum absolute atomic E-state index is 0.153. The summed E-state index contributed by atoms with van der Waals surface area (Å²) in [5.41, 5.74) is 3.72. The number of ether oxygens (including phenoxy) is 1. The van der Waals surface area contributed by atoms with Gasteiger partial charge in [-0.3, -0.25) is 4.68 Å². The van der Waals surface area contributed by atoms with Crippen molar-refractivity contribution in [2.75, 3.05) is 6.61 Å². The molecule has 3 aromatic rings. The van der Waals surface area contributed by atoms with Gasteiger partial charge < -0.3 is 9.30 Å². The zero-order chi connectivity index (χ0) is 17.6. The molecule has 0 saturated heterocycles. The number of hydrogen-bond acceptors (Lipinski definition) is 4. The standard InChI is InChI=1S/C17H20N4O3S/c1-20-7-5-12-3-4-13(9-17(12)20)25(22,23)18-10-15-14-11-24-8-6-16(14)21(2)19-15/h3-5,7,9,18H,6,8,10-11H2,1-2H3. The summed E-state index contributed by atoms with van der Waals surface area (Å²) >= 11 is 0. The molecule has 3 heterocycles. The number of rotatable bonds is 4. The number of sulfonamides is 1. The molecular weight excluding hydrogens is 340 g/mol. The van der Waals surface area contributed by atoms with Crippen LogP contribution in [0.5, 0.6) is 0 Å². The maximum atomic E-state index is 12.7. The van der Waals surface area contributed by atoms with Gasteiger partial charge in [0.15, 0.2) is 0 Å². The molecule has 0 saturated carbocycles. The van der Waals surface area contributed by atoms with E-state index in [1.807, 2.05) is 41.7 Å². The lowest BCUT2D eigenvalue weighted by molar-refractivity contribution is 0.108. The van der Waals surface area contributed by atoms with Gasteiger partial charge in [0.05, 0.1) is 30.3 Å². The minimum Gasteiger partial charge on any atom is -0.376 e. The highest BCUT2D eigenvalue weighted by molar-refractivity contribution is 7.89. The normalized spacial score (nSPS) is 14.8. The summed E-state index contributed by atoms with van der Waals surface area (Å²) in [7, 11) is 0.160. The van der Waals surface area contributed by atoms with Crippen molar-refractivity contribution >= 4 is 20.9 Å². The number of fused-ring (bicyclic) bond motifs is 2. The third-order valence-electron chi connectivity index (χ3n) is 4.69. The molecule has 2 aromatic heterocycles. The van der Waals surface area contributed by atoms with Gasteiger partial charge in [-0.1, -0.05) is 6.07 Å². The third kappa shape index (κ3) is 2.86. The summed E-state index contributed by atoms with van der Waals surface area (Å²) in [6.07, 6.45) is 2.71. The second-order valence-corrected chi connectivity index (χ2v) is 8.04. The fourth-order valence-electron chi connectivity index (χ4n) is 3.28. The zero-order valence-corrected chi connectivity index (χ0v) is 15.0. The topological polar surface area (TPSA) is 78.2 Å². The van der Waals surface area contributed by atoms with Gasteiger partial charge in [-0.15, -0.1) is 0 Å². The molecule has 1 aliphatic heterocycles. The van der Waals surface area contributed by atoms with E-state index in [0.717, 1.165) is 34.3 Å². The van der Waals surface area contributed by atoms with E-state index in [2.05, 4.69) is 9.82 Å². The van der Waals surface area contributed by atoms with Crippen LogP contribution < -0.4 is 4.72 Å². The first-order chi connectivity index (χ1) is 12.0. The highest BCUT2D eigenvalue weighted by Crippen LogP contribution is 2.22. The lowest BCUT2D eigenvalue weighted by Crippen LogP contribution is -2.24. The van der Waals surface area contributed by atoms with Crippen LogP contribution in [-0.4, -0.2) is 29.4 Å². The number of hydrogen-bond donors (Lipinski definition) is 1. The highest BCUT2D eigenvalue weighted by atomic mass is 32.2. The van der Waals surface area contributed by atoms with Crippen molar-refractivity contribution < 1.29 is 13.2 Å². The van der Waals surface area contributed by atoms with Crippen LogP contribution >= 0.6 is 0 Å². The van der Waals surface area contributed by atoms with Gasteiger partial charge in [-0.05, 0) is 23.6 Å². The molecule has 0 fully saturated rings. The van der Waals surface area contributed by atoms with Gasteiger partial charge in [0, 0.05) is 43.5 Å². The van der Waals surface area contributed by atoms with E-state index < -0.39 is 10.0 Å². The lowest BCUT2D eigenvalue weighted by atomic mass is 10.1. The SMILES string of the molecule is Cn1nc(CNS(=O)(=O)c2ccc3ccn(C)c3c2)c2c1CCOC2. The first-order valence-corrected chi connectivity index (χ1v) is 9.60. The first kappa shape index (κ1) is 16.3. The Morgan fingerprint density at radius 1 is 1.28 bits per heavy atom. The van der Waals surface area contributed by atoms with Gasteiger partial charge in [0.25, 0.3) is 0 Å². The van der Waals surface area contributed by atoms with E-state index in [9.17, 15) is 8.42 Å². The van der Waals surface area contributed by atoms with Crippen LogP contribution in [0.3, 0.4) is 0 Å². The Kier molecular flexibility index (Phi) is 3.90. The molecule has 8 heteroatoms. The number of aromatic nitrogens is 3. The summed E-state index contributed by atoms with van der Waals surface area (Å²) in [6.45, 7) is 1.31. The van der Waals surface area contributed by atoms with Gasteiger partial charge in [-0.25, -0.2) is 13.1 Å². The molecule has 25 heavy (non-hydrogen) atoms. The van der Waals surface area contributed by atoms with Crippen LogP contribution in [-0.2, 0) is 48.4 Å². The van der Waals surface area contributed by atoms with Crippen LogP contribution in [0.2, 0.25) is 0 Å². The van der Waals surface area contributed by atoms with Crippen LogP contribution in [0.15, 0.2) is 35.4 Å². The maximum Gasteiger partial charge on any atom is 0.240 e. The Morgan fingerprint density at radius 3 is 2.96 bits per heavy atom. The van der Waals surface area contributed by atoms with E-state index in [0.29, 0.717) is 13.2 Å². The number of benzene rings is 1. The summed E-state index contributed by atoms with van der Waals surface area (Å²) in [6, 6.07) is 7.09. The van der Waals surface area contributed by atoms with Crippen LogP contribution in [0.25, 0.3) is 10.9 Å². The molecule has 0 amide bonds. The molecule has 132 valence electrons. The predicted octanol–water partition coefficient (Wildman–Crippen LogP) is 1.46. The lowest BCUT2D eigenvalue weighted by Gasteiger charge is -2.14. The molecule has 0 radical (unpaired) electrons. The first-order valence-electron chi connectivity index (χ1n) is 8.12. The second kappa shape index (κ2) is 5.98. The quantitative estimate of drug-likeness (QED) is 0.764. The Morgan fingerprint density at radius 2 is 2.12 bits per heavy atom. The van der Waals surface area contributed by atoms with Crippen LogP contribution in [0.4, 0.5) is 0 Å². The van der Waals surface area contributed by atoms with E-state index in [-0.39, 0.29) is 11.4 Å². The molecular formula is C17H20N4O3S. The van der Waals surface area contributed by atoms with Crippen LogP contribution in [0.1, 0.15) is 17.0 Å². The molecule has 1 aliphatic rings. The second-order valence-electron chi connectivity index (χ2n) is 6.27. The van der Waals surface area contributed by atoms with E-state index in [1.54, 1.807) is 12.1 Å². The smallest absolute Gasteiger partial charge is 0.240 e. The van der Waals surface area contributed by atoms with Crippen molar-refractivity contribution in [1.29, 1.82) is 0 Å². The Labute approximate surface area is 146 Å². The monoisotopic (exact) mass is 360 g/mol. The summed E-state index contributed by atoms with van der Waals surface area (Å²) in [5, 5.41) is 5.46. The Bertz CT molecular complexity index is 1050. The van der Waals surface area contributed by atoms with Crippen molar-refractivity contribution in [3.63, 3.8) is 0 Å². The number of nitrogens with one attached hydrogen (secondary N) is 1. The maximum absolute atomic E-state index is 12.7. The Hall–Kier alpha value is -2.16. The van der Waals surface area contributed by atoms with Crippen molar-refractivity contribution in [3.05, 3.63) is 47.4 Å². The highest BCUT2D eigenvalue weighted by Gasteiger charge is 2.22. The molecule has 0 spiro atoms. The minimum atomic E-state index is -3.62. The summed E-state index contributed by atoms with van der Waals surface area (Å²) < 4.78 is 37.2. The van der Waals surface area contributed by atoms with E-state index in [4.69, 9.17) is 4.74 Å². The third-order valence-corrected chi connectivity index (χ3v) is 6.09. The number of aryl methyl sites for hydroxylation is 2. The molecule has 0 bridgehead atoms. The van der Waals surface area contributed by atoms with Gasteiger partial charge in [0.2, 0.25) is 10.0 Å². The van der Waals surface area contributed by atoms with Crippen molar-refractivity contribution in [2.24, 2.45) is 14.1 Å². The fourth-order valence-corrected chi connectivity index (χ4v) is 4.29. The number of nitrogens with zero attached hydrogens (tertiary/aromatic N) is 3. The predicted molar refractivity (Wildman–Crippen MR) is 93.5 cm³/mol. The molecule has 1 N–H and O–H groups in total. The zero-order valence-electron chi connectivity index (χ0n) is 14.2. The molecule has 4 rings (SSSR count). The van der Waals surface area contributed by atoms with Gasteiger partial charge >= 0.3 is 0 Å². The largest absolute Gasteiger partial charge is 0.376 e. The van der Waals surface area contributed by atoms with E-state index >= 15 is 0 Å². The van der Waals surface area contributed by atoms with Gasteiger partial charge in [0.1, 0.15) is 0 Å². The van der Waals surface area contributed by atoms with E-state index in [1.165, 1.54) is 0 Å². The molecule has 7 nitrogen and oxygen atoms in total. The molecule has 0 unspecified atom stereocenters. The molecule has 0 aliphatic carbocycles. The summed E-state index contributed by atoms with van der Waals surface area (Å²) in [4.78, 5) is 0.253. The average Bonchev–Trinajstić information content (AvgIpc) is 3.14. The average molecular weight is 360 g/mol. The Balaban J connectivity index is 1.60. The molecule has 0 atom stereocenters.